The largest absolute Gasteiger partial charge is 0.355 e. The van der Waals surface area contributed by atoms with Crippen molar-refractivity contribution >= 4 is 11.8 Å². The first kappa shape index (κ1) is 23.2. The summed E-state index contributed by atoms with van der Waals surface area (Å²) in [4.78, 5) is 25.2. The third-order valence-corrected chi connectivity index (χ3v) is 7.42. The number of benzene rings is 2. The SMILES string of the molecule is CC(=O)NCCNC(=O)[C@H]1C[NH+]2CC[C@H]1C[C@@H]2Cn1cc(-c2ccc(-c3ccccc3)cc2)nn1. The van der Waals surface area contributed by atoms with E-state index in [4.69, 9.17) is 0 Å². The molecular formula is C27H33N6O2+. The van der Waals surface area contributed by atoms with Crippen LogP contribution in [0, 0.1) is 11.8 Å². The summed E-state index contributed by atoms with van der Waals surface area (Å²) in [6, 6.07) is 19.3. The second-order valence-electron chi connectivity index (χ2n) is 9.74. The smallest absolute Gasteiger partial charge is 0.229 e. The molecule has 4 heterocycles. The fraction of sp³-hybridized carbons (Fsp3) is 0.407. The second kappa shape index (κ2) is 10.4. The highest BCUT2D eigenvalue weighted by Crippen LogP contribution is 2.28. The van der Waals surface area contributed by atoms with E-state index in [1.54, 1.807) is 0 Å². The first-order chi connectivity index (χ1) is 17.1. The predicted octanol–water partition coefficient (Wildman–Crippen LogP) is 1.16. The second-order valence-corrected chi connectivity index (χ2v) is 9.74. The van der Waals surface area contributed by atoms with Gasteiger partial charge in [0, 0.05) is 38.4 Å². The van der Waals surface area contributed by atoms with Crippen LogP contribution in [-0.2, 0) is 16.1 Å². The van der Waals surface area contributed by atoms with Crippen molar-refractivity contribution in [2.45, 2.75) is 32.4 Å². The molecule has 2 aromatic carbocycles. The summed E-state index contributed by atoms with van der Waals surface area (Å²) in [6.45, 7) is 5.23. The quantitative estimate of drug-likeness (QED) is 0.428. The lowest BCUT2D eigenvalue weighted by Crippen LogP contribution is -3.20. The fourth-order valence-electron chi connectivity index (χ4n) is 5.58. The lowest BCUT2D eigenvalue weighted by atomic mass is 9.75. The Morgan fingerprint density at radius 3 is 2.43 bits per heavy atom. The summed E-state index contributed by atoms with van der Waals surface area (Å²) in [5.41, 5.74) is 4.33. The number of carbonyl (C=O) groups excluding carboxylic acids is 2. The maximum atomic E-state index is 12.7. The van der Waals surface area contributed by atoms with Gasteiger partial charge in [0.2, 0.25) is 11.8 Å². The van der Waals surface area contributed by atoms with Crippen molar-refractivity contribution in [2.75, 3.05) is 26.2 Å². The summed E-state index contributed by atoms with van der Waals surface area (Å²) in [6.07, 6.45) is 4.15. The van der Waals surface area contributed by atoms with Crippen molar-refractivity contribution in [3.8, 4) is 22.4 Å². The Morgan fingerprint density at radius 2 is 1.71 bits per heavy atom. The Labute approximate surface area is 205 Å². The number of quaternary nitrogens is 1. The lowest BCUT2D eigenvalue weighted by molar-refractivity contribution is -0.945. The zero-order valence-electron chi connectivity index (χ0n) is 20.1. The summed E-state index contributed by atoms with van der Waals surface area (Å²) in [5, 5.41) is 14.6. The van der Waals surface area contributed by atoms with Gasteiger partial charge in [-0.2, -0.15) is 0 Å². The van der Waals surface area contributed by atoms with Crippen molar-refractivity contribution in [1.29, 1.82) is 0 Å². The molecule has 1 aromatic heterocycles. The van der Waals surface area contributed by atoms with Crippen LogP contribution in [0.2, 0.25) is 0 Å². The third kappa shape index (κ3) is 5.43. The van der Waals surface area contributed by atoms with E-state index >= 15 is 0 Å². The summed E-state index contributed by atoms with van der Waals surface area (Å²) >= 11 is 0. The van der Waals surface area contributed by atoms with Gasteiger partial charge in [0.15, 0.2) is 0 Å². The molecule has 4 atom stereocenters. The molecule has 2 bridgehead atoms. The maximum Gasteiger partial charge on any atom is 0.229 e. The van der Waals surface area contributed by atoms with Crippen LogP contribution in [0.15, 0.2) is 60.8 Å². The molecule has 0 aliphatic carbocycles. The lowest BCUT2D eigenvalue weighted by Gasteiger charge is -2.46. The minimum absolute atomic E-state index is 0.0572. The van der Waals surface area contributed by atoms with Gasteiger partial charge in [-0.15, -0.1) is 5.10 Å². The van der Waals surface area contributed by atoms with Gasteiger partial charge in [-0.05, 0) is 17.0 Å². The number of piperidine rings is 3. The van der Waals surface area contributed by atoms with E-state index in [2.05, 4.69) is 57.3 Å². The highest BCUT2D eigenvalue weighted by molar-refractivity contribution is 5.79. The van der Waals surface area contributed by atoms with Crippen molar-refractivity contribution in [1.82, 2.24) is 25.6 Å². The summed E-state index contributed by atoms with van der Waals surface area (Å²) in [7, 11) is 0. The van der Waals surface area contributed by atoms with E-state index < -0.39 is 0 Å². The average molecular weight is 474 g/mol. The van der Waals surface area contributed by atoms with Gasteiger partial charge in [-0.1, -0.05) is 59.8 Å². The first-order valence-corrected chi connectivity index (χ1v) is 12.5. The Balaban J connectivity index is 1.16. The van der Waals surface area contributed by atoms with Crippen LogP contribution in [0.5, 0.6) is 0 Å². The molecule has 6 rings (SSSR count). The number of nitrogens with one attached hydrogen (secondary N) is 3. The standard InChI is InChI=1S/C27H32N6O2/c1-19(34)28-12-13-29-27(35)25-17-32-14-11-23(25)15-24(32)16-33-18-26(30-31-33)22-9-7-21(8-10-22)20-5-3-2-4-6-20/h2-10,18,23-25H,11-17H2,1H3,(H,28,34)(H,29,35)/p+1/t23-,24+,25-/m0/s1. The Morgan fingerprint density at radius 1 is 1.00 bits per heavy atom. The highest BCUT2D eigenvalue weighted by atomic mass is 16.2. The van der Waals surface area contributed by atoms with Gasteiger partial charge in [0.25, 0.3) is 0 Å². The fourth-order valence-corrected chi connectivity index (χ4v) is 5.58. The topological polar surface area (TPSA) is 93.3 Å². The molecule has 0 radical (unpaired) electrons. The first-order valence-electron chi connectivity index (χ1n) is 12.5. The number of amides is 2. The predicted molar refractivity (Wildman–Crippen MR) is 133 cm³/mol. The molecule has 35 heavy (non-hydrogen) atoms. The van der Waals surface area contributed by atoms with Crippen molar-refractivity contribution in [3.05, 3.63) is 60.8 Å². The third-order valence-electron chi connectivity index (χ3n) is 7.42. The van der Waals surface area contributed by atoms with Gasteiger partial charge in [0.1, 0.15) is 11.7 Å². The van der Waals surface area contributed by atoms with E-state index in [1.165, 1.54) is 23.0 Å². The molecule has 3 N–H and O–H groups in total. The number of fused-ring (bicyclic) bond motifs is 3. The molecule has 3 aliphatic heterocycles. The zero-order valence-corrected chi connectivity index (χ0v) is 20.1. The number of nitrogens with zero attached hydrogens (tertiary/aromatic N) is 3. The molecule has 1 unspecified atom stereocenters. The van der Waals surface area contributed by atoms with Gasteiger partial charge >= 0.3 is 0 Å². The molecule has 3 fully saturated rings. The molecule has 3 aliphatic rings. The van der Waals surface area contributed by atoms with E-state index in [0.717, 1.165) is 43.7 Å². The van der Waals surface area contributed by atoms with E-state index in [1.807, 2.05) is 29.1 Å². The van der Waals surface area contributed by atoms with Crippen molar-refractivity contribution in [2.24, 2.45) is 11.8 Å². The van der Waals surface area contributed by atoms with E-state index in [0.29, 0.717) is 25.0 Å². The zero-order chi connectivity index (χ0) is 24.2. The van der Waals surface area contributed by atoms with Crippen LogP contribution in [0.25, 0.3) is 22.4 Å². The summed E-state index contributed by atoms with van der Waals surface area (Å²) in [5.74, 6) is 0.515. The van der Waals surface area contributed by atoms with Gasteiger partial charge < -0.3 is 15.5 Å². The van der Waals surface area contributed by atoms with Crippen LogP contribution in [0.1, 0.15) is 19.8 Å². The highest BCUT2D eigenvalue weighted by Gasteiger charge is 2.46. The van der Waals surface area contributed by atoms with Gasteiger partial charge in [-0.25, -0.2) is 4.68 Å². The monoisotopic (exact) mass is 473 g/mol. The number of hydrogen-bond acceptors (Lipinski definition) is 4. The Bertz CT molecular complexity index is 1160. The van der Waals surface area contributed by atoms with Crippen LogP contribution in [-0.4, -0.2) is 59.0 Å². The van der Waals surface area contributed by atoms with E-state index in [-0.39, 0.29) is 17.7 Å². The van der Waals surface area contributed by atoms with Gasteiger partial charge in [0.05, 0.1) is 31.7 Å². The molecule has 0 saturated carbocycles. The Hall–Kier alpha value is -3.52. The molecule has 8 heteroatoms. The molecule has 182 valence electrons. The average Bonchev–Trinajstić information content (AvgIpc) is 3.36. The number of hydrogen-bond donors (Lipinski definition) is 3. The number of rotatable bonds is 8. The van der Waals surface area contributed by atoms with Crippen LogP contribution in [0.3, 0.4) is 0 Å². The molecule has 0 spiro atoms. The maximum absolute atomic E-state index is 12.7. The molecule has 8 nitrogen and oxygen atoms in total. The van der Waals surface area contributed by atoms with Gasteiger partial charge in [-0.3, -0.25) is 9.59 Å². The minimum atomic E-state index is -0.0742. The van der Waals surface area contributed by atoms with Crippen LogP contribution in [0.4, 0.5) is 0 Å². The van der Waals surface area contributed by atoms with Crippen molar-refractivity contribution in [3.63, 3.8) is 0 Å². The van der Waals surface area contributed by atoms with Crippen LogP contribution < -0.4 is 15.5 Å². The van der Waals surface area contributed by atoms with Crippen LogP contribution >= 0.6 is 0 Å². The normalized spacial score (nSPS) is 23.1. The molecule has 2 amide bonds. The number of aromatic nitrogens is 3. The summed E-state index contributed by atoms with van der Waals surface area (Å²) < 4.78 is 1.96. The van der Waals surface area contributed by atoms with Crippen molar-refractivity contribution < 1.29 is 14.5 Å². The molecule has 3 aromatic rings. The molecule has 3 saturated heterocycles. The Kier molecular flexibility index (Phi) is 6.90. The minimum Gasteiger partial charge on any atom is -0.355 e. The van der Waals surface area contributed by atoms with E-state index in [9.17, 15) is 9.59 Å². The molecular weight excluding hydrogens is 440 g/mol. The number of carbonyl (C=O) groups is 2.